The number of hydrogen-bond acceptors (Lipinski definition) is 9. The van der Waals surface area contributed by atoms with Gasteiger partial charge < -0.3 is 15.2 Å². The SMILES string of the molecule is Cc1ccccc1-n1nnc(NCc2c(-c3ccc(O[C@H]4CCC[C@H](C(=O)O)C4)c(C)n3)nnn2C)n1. The number of carboxylic acid groups (broad SMARTS) is 1. The number of nitrogens with one attached hydrogen (secondary N) is 1. The molecule has 192 valence electrons. The lowest BCUT2D eigenvalue weighted by Gasteiger charge is -2.27. The van der Waals surface area contributed by atoms with Crippen molar-refractivity contribution in [2.45, 2.75) is 52.2 Å². The summed E-state index contributed by atoms with van der Waals surface area (Å²) in [6.07, 6.45) is 2.77. The molecule has 4 aromatic rings. The van der Waals surface area contributed by atoms with Gasteiger partial charge >= 0.3 is 5.97 Å². The number of aromatic nitrogens is 8. The van der Waals surface area contributed by atoms with E-state index in [9.17, 15) is 9.90 Å². The van der Waals surface area contributed by atoms with Gasteiger partial charge in [0.15, 0.2) is 0 Å². The number of anilines is 1. The highest BCUT2D eigenvalue weighted by molar-refractivity contribution is 5.70. The third kappa shape index (κ3) is 5.27. The predicted octanol–water partition coefficient (Wildman–Crippen LogP) is 3.10. The number of aryl methyl sites for hydroxylation is 3. The van der Waals surface area contributed by atoms with Crippen LogP contribution in [0.2, 0.25) is 0 Å². The van der Waals surface area contributed by atoms with E-state index in [1.54, 1.807) is 4.68 Å². The second kappa shape index (κ2) is 10.3. The van der Waals surface area contributed by atoms with Crippen LogP contribution in [0.15, 0.2) is 36.4 Å². The lowest BCUT2D eigenvalue weighted by molar-refractivity contribution is -0.143. The van der Waals surface area contributed by atoms with Gasteiger partial charge in [0.25, 0.3) is 5.95 Å². The molecule has 0 saturated heterocycles. The van der Waals surface area contributed by atoms with Crippen LogP contribution in [0.5, 0.6) is 5.75 Å². The Bertz CT molecular complexity index is 1410. The fourth-order valence-electron chi connectivity index (χ4n) is 4.57. The first-order chi connectivity index (χ1) is 17.9. The average Bonchev–Trinajstić information content (AvgIpc) is 3.51. The van der Waals surface area contributed by atoms with E-state index in [2.05, 4.69) is 31.0 Å². The summed E-state index contributed by atoms with van der Waals surface area (Å²) in [5.41, 5.74) is 4.73. The van der Waals surface area contributed by atoms with E-state index < -0.39 is 5.97 Å². The monoisotopic (exact) mass is 503 g/mol. The number of ether oxygens (including phenoxy) is 1. The molecule has 0 amide bonds. The van der Waals surface area contributed by atoms with Crippen LogP contribution in [0.4, 0.5) is 5.95 Å². The number of para-hydroxylation sites is 1. The molecule has 0 radical (unpaired) electrons. The Morgan fingerprint density at radius 2 is 1.97 bits per heavy atom. The van der Waals surface area contributed by atoms with Crippen molar-refractivity contribution in [2.75, 3.05) is 5.32 Å². The highest BCUT2D eigenvalue weighted by Crippen LogP contribution is 2.30. The Morgan fingerprint density at radius 1 is 1.14 bits per heavy atom. The number of aliphatic carboxylic acids is 1. The lowest BCUT2D eigenvalue weighted by Crippen LogP contribution is -2.29. The van der Waals surface area contributed by atoms with Crippen LogP contribution >= 0.6 is 0 Å². The largest absolute Gasteiger partial charge is 0.489 e. The van der Waals surface area contributed by atoms with Gasteiger partial charge in [-0.15, -0.1) is 15.0 Å². The standard InChI is InChI=1S/C25H29N9O3/c1-15-7-4-5-10-20(15)34-30-25(29-32-34)26-14-21-23(28-31-33(21)3)19-11-12-22(16(2)27-19)37-18-9-6-8-17(13-18)24(35)36/h4-5,7,10-12,17-18H,6,8-9,13-14H2,1-3H3,(H,26,30)(H,35,36)/t17-,18-/m0/s1. The minimum Gasteiger partial charge on any atom is -0.489 e. The summed E-state index contributed by atoms with van der Waals surface area (Å²) in [5.74, 6) is -0.0697. The summed E-state index contributed by atoms with van der Waals surface area (Å²) in [5, 5.41) is 33.7. The van der Waals surface area contributed by atoms with Gasteiger partial charge in [0.1, 0.15) is 11.4 Å². The first-order valence-electron chi connectivity index (χ1n) is 12.2. The molecule has 0 unspecified atom stereocenters. The van der Waals surface area contributed by atoms with Gasteiger partial charge in [-0.25, -0.2) is 9.67 Å². The quantitative estimate of drug-likeness (QED) is 0.368. The molecule has 0 spiro atoms. The van der Waals surface area contributed by atoms with Crippen LogP contribution in [0, 0.1) is 19.8 Å². The highest BCUT2D eigenvalue weighted by Gasteiger charge is 2.28. The van der Waals surface area contributed by atoms with E-state index in [-0.39, 0.29) is 12.0 Å². The van der Waals surface area contributed by atoms with Crippen LogP contribution in [-0.4, -0.2) is 57.4 Å². The van der Waals surface area contributed by atoms with Crippen molar-refractivity contribution in [3.8, 4) is 22.8 Å². The number of rotatable bonds is 8. The Morgan fingerprint density at radius 3 is 2.76 bits per heavy atom. The summed E-state index contributed by atoms with van der Waals surface area (Å²) in [4.78, 5) is 17.6. The van der Waals surface area contributed by atoms with Crippen molar-refractivity contribution < 1.29 is 14.6 Å². The van der Waals surface area contributed by atoms with Gasteiger partial charge in [-0.3, -0.25) is 4.79 Å². The second-order valence-electron chi connectivity index (χ2n) is 9.27. The van der Waals surface area contributed by atoms with E-state index in [0.717, 1.165) is 29.8 Å². The molecule has 2 N–H and O–H groups in total. The van der Waals surface area contributed by atoms with Gasteiger partial charge in [0.2, 0.25) is 0 Å². The Kier molecular flexibility index (Phi) is 6.80. The molecule has 0 aliphatic heterocycles. The molecular formula is C25H29N9O3. The van der Waals surface area contributed by atoms with Gasteiger partial charge in [-0.2, -0.15) is 0 Å². The maximum Gasteiger partial charge on any atom is 0.306 e. The lowest BCUT2D eigenvalue weighted by atomic mass is 9.87. The summed E-state index contributed by atoms with van der Waals surface area (Å²) in [6.45, 7) is 4.24. The summed E-state index contributed by atoms with van der Waals surface area (Å²) >= 11 is 0. The summed E-state index contributed by atoms with van der Waals surface area (Å²) in [6, 6.07) is 11.5. The Balaban J connectivity index is 1.29. The van der Waals surface area contributed by atoms with Crippen LogP contribution in [0.1, 0.15) is 42.6 Å². The Hall–Kier alpha value is -4.35. The molecule has 1 aromatic carbocycles. The molecule has 2 atom stereocenters. The molecule has 12 heteroatoms. The molecular weight excluding hydrogens is 474 g/mol. The van der Waals surface area contributed by atoms with Crippen molar-refractivity contribution in [1.82, 2.24) is 40.2 Å². The molecule has 3 aromatic heterocycles. The zero-order valence-electron chi connectivity index (χ0n) is 21.0. The van der Waals surface area contributed by atoms with Crippen LogP contribution in [0.25, 0.3) is 17.1 Å². The molecule has 5 rings (SSSR count). The normalized spacial score (nSPS) is 17.5. The zero-order chi connectivity index (χ0) is 25.9. The van der Waals surface area contributed by atoms with Gasteiger partial charge in [0.05, 0.1) is 41.3 Å². The number of hydrogen-bond donors (Lipinski definition) is 2. The Labute approximate surface area is 213 Å². The number of carboxylic acids is 1. The molecule has 1 aliphatic carbocycles. The summed E-state index contributed by atoms with van der Waals surface area (Å²) < 4.78 is 7.82. The van der Waals surface area contributed by atoms with E-state index in [1.165, 1.54) is 4.80 Å². The van der Waals surface area contributed by atoms with E-state index in [0.29, 0.717) is 48.2 Å². The fraction of sp³-hybridized carbons (Fsp3) is 0.400. The molecule has 1 saturated carbocycles. The minimum atomic E-state index is -0.754. The van der Waals surface area contributed by atoms with Crippen molar-refractivity contribution in [2.24, 2.45) is 13.0 Å². The van der Waals surface area contributed by atoms with Crippen molar-refractivity contribution in [1.29, 1.82) is 0 Å². The predicted molar refractivity (Wildman–Crippen MR) is 134 cm³/mol. The topological polar surface area (TPSA) is 146 Å². The number of tetrazole rings is 1. The third-order valence-electron chi connectivity index (χ3n) is 6.65. The number of nitrogens with zero attached hydrogens (tertiary/aromatic N) is 8. The van der Waals surface area contributed by atoms with Crippen LogP contribution < -0.4 is 10.1 Å². The van der Waals surface area contributed by atoms with Gasteiger partial charge in [0, 0.05) is 7.05 Å². The van der Waals surface area contributed by atoms with Crippen LogP contribution in [0.3, 0.4) is 0 Å². The first kappa shape index (κ1) is 24.3. The maximum atomic E-state index is 11.4. The number of benzene rings is 1. The number of pyridine rings is 1. The highest BCUT2D eigenvalue weighted by atomic mass is 16.5. The summed E-state index contributed by atoms with van der Waals surface area (Å²) in [7, 11) is 1.82. The third-order valence-corrected chi connectivity index (χ3v) is 6.65. The smallest absolute Gasteiger partial charge is 0.306 e. The fourth-order valence-corrected chi connectivity index (χ4v) is 4.57. The van der Waals surface area contributed by atoms with Gasteiger partial charge in [-0.05, 0) is 68.5 Å². The van der Waals surface area contributed by atoms with E-state index in [4.69, 9.17) is 9.72 Å². The van der Waals surface area contributed by atoms with Crippen LogP contribution in [-0.2, 0) is 18.4 Å². The minimum absolute atomic E-state index is 0.127. The molecule has 1 fully saturated rings. The molecule has 12 nitrogen and oxygen atoms in total. The zero-order valence-corrected chi connectivity index (χ0v) is 21.0. The molecule has 0 bridgehead atoms. The molecule has 37 heavy (non-hydrogen) atoms. The van der Waals surface area contributed by atoms with Gasteiger partial charge in [-0.1, -0.05) is 28.5 Å². The van der Waals surface area contributed by atoms with Crippen molar-refractivity contribution in [3.05, 3.63) is 53.3 Å². The van der Waals surface area contributed by atoms with Crippen molar-refractivity contribution in [3.63, 3.8) is 0 Å². The average molecular weight is 504 g/mol. The first-order valence-corrected chi connectivity index (χ1v) is 12.2. The van der Waals surface area contributed by atoms with Crippen molar-refractivity contribution >= 4 is 11.9 Å². The van der Waals surface area contributed by atoms with E-state index in [1.807, 2.05) is 57.3 Å². The maximum absolute atomic E-state index is 11.4. The second-order valence-corrected chi connectivity index (χ2v) is 9.27. The number of carbonyl (C=O) groups is 1. The molecule has 1 aliphatic rings. The van der Waals surface area contributed by atoms with E-state index >= 15 is 0 Å². The molecule has 3 heterocycles.